The van der Waals surface area contributed by atoms with Gasteiger partial charge in [0.25, 0.3) is 11.1 Å². The highest BCUT2D eigenvalue weighted by atomic mass is 79.9. The number of aliphatic carboxylic acids is 1. The van der Waals surface area contributed by atoms with Crippen LogP contribution in [0.1, 0.15) is 21.5 Å². The molecule has 30 heavy (non-hydrogen) atoms. The number of rotatable bonds is 7. The fourth-order valence-electron chi connectivity index (χ4n) is 2.58. The van der Waals surface area contributed by atoms with Crippen molar-refractivity contribution in [2.24, 2.45) is 0 Å². The van der Waals surface area contributed by atoms with Gasteiger partial charge in [-0.1, -0.05) is 28.1 Å². The zero-order chi connectivity index (χ0) is 21.8. The molecule has 2 aromatic carbocycles. The summed E-state index contributed by atoms with van der Waals surface area (Å²) in [6, 6.07) is 11.4. The summed E-state index contributed by atoms with van der Waals surface area (Å²) in [6.07, 6.45) is 1.47. The SMILES string of the molecule is O=C(O)CN1C(=O)S/C(=C/c2cc(Br)ccc2OCc2ccc(C(=O)O)cc2)C1=O. The first-order chi connectivity index (χ1) is 14.2. The third-order valence-corrected chi connectivity index (χ3v) is 5.42. The average Bonchev–Trinajstić information content (AvgIpc) is 2.94. The first kappa shape index (κ1) is 21.6. The fraction of sp³-hybridized carbons (Fsp3) is 0.100. The number of aromatic carboxylic acids is 1. The minimum Gasteiger partial charge on any atom is -0.488 e. The second-order valence-electron chi connectivity index (χ2n) is 6.13. The predicted octanol–water partition coefficient (Wildman–Crippen LogP) is 3.85. The summed E-state index contributed by atoms with van der Waals surface area (Å²) >= 11 is 4.01. The Hall–Kier alpha value is -3.11. The van der Waals surface area contributed by atoms with Crippen molar-refractivity contribution < 1.29 is 34.1 Å². The monoisotopic (exact) mass is 491 g/mol. The number of carboxylic acid groups (broad SMARTS) is 2. The molecule has 154 valence electrons. The molecule has 0 radical (unpaired) electrons. The summed E-state index contributed by atoms with van der Waals surface area (Å²) in [6.45, 7) is -0.543. The number of nitrogens with zero attached hydrogens (tertiary/aromatic N) is 1. The van der Waals surface area contributed by atoms with E-state index in [0.29, 0.717) is 28.0 Å². The number of carbonyl (C=O) groups excluding carboxylic acids is 2. The molecule has 1 fully saturated rings. The van der Waals surface area contributed by atoms with Crippen LogP contribution in [0.5, 0.6) is 5.75 Å². The summed E-state index contributed by atoms with van der Waals surface area (Å²) in [4.78, 5) is 46.9. The van der Waals surface area contributed by atoms with Crippen molar-refractivity contribution in [1.82, 2.24) is 4.90 Å². The second kappa shape index (κ2) is 9.14. The maximum atomic E-state index is 12.4. The molecule has 1 aliphatic heterocycles. The summed E-state index contributed by atoms with van der Waals surface area (Å²) in [7, 11) is 0. The molecule has 0 unspecified atom stereocenters. The molecule has 0 atom stereocenters. The van der Waals surface area contributed by atoms with E-state index < -0.39 is 29.6 Å². The van der Waals surface area contributed by atoms with Gasteiger partial charge in [-0.25, -0.2) is 4.79 Å². The molecule has 1 heterocycles. The van der Waals surface area contributed by atoms with Gasteiger partial charge in [0.05, 0.1) is 10.5 Å². The van der Waals surface area contributed by atoms with E-state index in [0.717, 1.165) is 10.0 Å². The summed E-state index contributed by atoms with van der Waals surface area (Å²) in [5.74, 6) is -2.54. The Morgan fingerprint density at radius 2 is 1.80 bits per heavy atom. The molecular formula is C20H14BrNO7S. The molecular weight excluding hydrogens is 478 g/mol. The lowest BCUT2D eigenvalue weighted by Crippen LogP contribution is -2.33. The Bertz CT molecular complexity index is 1070. The van der Waals surface area contributed by atoms with Crippen molar-refractivity contribution in [3.8, 4) is 5.75 Å². The van der Waals surface area contributed by atoms with Crippen molar-refractivity contribution >= 4 is 56.9 Å². The Morgan fingerprint density at radius 3 is 2.43 bits per heavy atom. The van der Waals surface area contributed by atoms with Gasteiger partial charge in [0.15, 0.2) is 0 Å². The number of halogens is 1. The van der Waals surface area contributed by atoms with E-state index in [2.05, 4.69) is 15.9 Å². The number of ether oxygens (including phenoxy) is 1. The van der Waals surface area contributed by atoms with E-state index in [1.165, 1.54) is 18.2 Å². The van der Waals surface area contributed by atoms with Crippen LogP contribution < -0.4 is 4.74 Å². The minimum absolute atomic E-state index is 0.0926. The van der Waals surface area contributed by atoms with Gasteiger partial charge in [0.2, 0.25) is 0 Å². The standard InChI is InChI=1S/C20H14BrNO7S/c21-14-5-6-15(29-10-11-1-3-12(4-2-11)19(26)27)13(7-14)8-16-18(25)22(9-17(23)24)20(28)30-16/h1-8H,9-10H2,(H,23,24)(H,26,27)/b16-8+. The second-order valence-corrected chi connectivity index (χ2v) is 8.04. The van der Waals surface area contributed by atoms with Gasteiger partial charge >= 0.3 is 11.9 Å². The summed E-state index contributed by atoms with van der Waals surface area (Å²) in [5, 5.41) is 17.2. The molecule has 0 aliphatic carbocycles. The van der Waals surface area contributed by atoms with Crippen LogP contribution >= 0.6 is 27.7 Å². The number of carboxylic acids is 2. The fourth-order valence-corrected chi connectivity index (χ4v) is 3.79. The number of thioether (sulfide) groups is 1. The summed E-state index contributed by atoms with van der Waals surface area (Å²) < 4.78 is 6.54. The molecule has 2 aromatic rings. The molecule has 1 aliphatic rings. The van der Waals surface area contributed by atoms with Crippen LogP contribution in [-0.2, 0) is 16.2 Å². The number of carbonyl (C=O) groups is 4. The predicted molar refractivity (Wildman–Crippen MR) is 112 cm³/mol. The van der Waals surface area contributed by atoms with Gasteiger partial charge in [0.1, 0.15) is 18.9 Å². The molecule has 2 amide bonds. The molecule has 0 aromatic heterocycles. The lowest BCUT2D eigenvalue weighted by Gasteiger charge is -2.11. The Labute approximate surface area is 183 Å². The van der Waals surface area contributed by atoms with Gasteiger partial charge in [0, 0.05) is 10.0 Å². The van der Waals surface area contributed by atoms with Gasteiger partial charge in [-0.2, -0.15) is 0 Å². The van der Waals surface area contributed by atoms with Crippen LogP contribution in [0.15, 0.2) is 51.8 Å². The zero-order valence-electron chi connectivity index (χ0n) is 15.2. The number of hydrogen-bond donors (Lipinski definition) is 2. The molecule has 0 bridgehead atoms. The highest BCUT2D eigenvalue weighted by Crippen LogP contribution is 2.35. The summed E-state index contributed by atoms with van der Waals surface area (Å²) in [5.41, 5.74) is 1.43. The van der Waals surface area contributed by atoms with E-state index in [9.17, 15) is 19.2 Å². The van der Waals surface area contributed by atoms with Crippen LogP contribution in [0.3, 0.4) is 0 Å². The number of benzene rings is 2. The third kappa shape index (κ3) is 5.08. The maximum absolute atomic E-state index is 12.4. The Kier molecular flexibility index (Phi) is 6.58. The molecule has 2 N–H and O–H groups in total. The van der Waals surface area contributed by atoms with Gasteiger partial charge in [-0.15, -0.1) is 0 Å². The highest BCUT2D eigenvalue weighted by molar-refractivity contribution is 9.10. The largest absolute Gasteiger partial charge is 0.488 e. The molecule has 0 saturated carbocycles. The lowest BCUT2D eigenvalue weighted by atomic mass is 10.1. The third-order valence-electron chi connectivity index (χ3n) is 4.02. The smallest absolute Gasteiger partial charge is 0.335 e. The number of hydrogen-bond acceptors (Lipinski definition) is 6. The van der Waals surface area contributed by atoms with Crippen molar-refractivity contribution in [3.63, 3.8) is 0 Å². The van der Waals surface area contributed by atoms with E-state index in [1.54, 1.807) is 30.3 Å². The Balaban J connectivity index is 1.81. The molecule has 3 rings (SSSR count). The number of imide groups is 1. The first-order valence-electron chi connectivity index (χ1n) is 8.46. The van der Waals surface area contributed by atoms with Crippen molar-refractivity contribution in [2.45, 2.75) is 6.61 Å². The minimum atomic E-state index is -1.28. The highest BCUT2D eigenvalue weighted by Gasteiger charge is 2.36. The molecule has 1 saturated heterocycles. The van der Waals surface area contributed by atoms with E-state index in [-0.39, 0.29) is 17.1 Å². The van der Waals surface area contributed by atoms with Crippen molar-refractivity contribution in [3.05, 3.63) is 68.5 Å². The van der Waals surface area contributed by atoms with Crippen molar-refractivity contribution in [1.29, 1.82) is 0 Å². The molecule has 8 nitrogen and oxygen atoms in total. The normalized spacial score (nSPS) is 15.0. The number of amides is 2. The first-order valence-corrected chi connectivity index (χ1v) is 10.1. The lowest BCUT2D eigenvalue weighted by molar-refractivity contribution is -0.140. The molecule has 0 spiro atoms. The Morgan fingerprint density at radius 1 is 1.10 bits per heavy atom. The molecule has 10 heteroatoms. The average molecular weight is 492 g/mol. The zero-order valence-corrected chi connectivity index (χ0v) is 17.6. The van der Waals surface area contributed by atoms with Gasteiger partial charge in [-0.05, 0) is 53.7 Å². The van der Waals surface area contributed by atoms with Gasteiger partial charge in [-0.3, -0.25) is 19.3 Å². The van der Waals surface area contributed by atoms with Crippen LogP contribution in [0.25, 0.3) is 6.08 Å². The maximum Gasteiger partial charge on any atom is 0.335 e. The van der Waals surface area contributed by atoms with Crippen molar-refractivity contribution in [2.75, 3.05) is 6.54 Å². The topological polar surface area (TPSA) is 121 Å². The van der Waals surface area contributed by atoms with E-state index in [4.69, 9.17) is 14.9 Å². The van der Waals surface area contributed by atoms with Gasteiger partial charge < -0.3 is 14.9 Å². The quantitative estimate of drug-likeness (QED) is 0.560. The van der Waals surface area contributed by atoms with Crippen LogP contribution in [0, 0.1) is 0 Å². The van der Waals surface area contributed by atoms with Crippen LogP contribution in [0.4, 0.5) is 4.79 Å². The van der Waals surface area contributed by atoms with E-state index in [1.807, 2.05) is 0 Å². The van der Waals surface area contributed by atoms with Crippen LogP contribution in [-0.4, -0.2) is 44.7 Å². The van der Waals surface area contributed by atoms with Crippen LogP contribution in [0.2, 0.25) is 0 Å². The van der Waals surface area contributed by atoms with E-state index >= 15 is 0 Å².